The molecule has 0 aromatic heterocycles. The van der Waals surface area contributed by atoms with Crippen LogP contribution in [0.25, 0.3) is 0 Å². The summed E-state index contributed by atoms with van der Waals surface area (Å²) >= 11 is 0. The summed E-state index contributed by atoms with van der Waals surface area (Å²) < 4.78 is 0. The molecular formula is C21H32N2. The third-order valence-corrected chi connectivity index (χ3v) is 4.89. The lowest BCUT2D eigenvalue weighted by molar-refractivity contribution is 0.280. The second kappa shape index (κ2) is 7.81. The van der Waals surface area contributed by atoms with Gasteiger partial charge in [-0.1, -0.05) is 51.6 Å². The van der Waals surface area contributed by atoms with Gasteiger partial charge in [0, 0.05) is 19.7 Å². The van der Waals surface area contributed by atoms with Gasteiger partial charge in [-0.15, -0.1) is 0 Å². The first-order valence-electron chi connectivity index (χ1n) is 8.93. The lowest BCUT2D eigenvalue weighted by Crippen LogP contribution is -2.20. The van der Waals surface area contributed by atoms with E-state index in [4.69, 9.17) is 5.10 Å². The molecule has 0 bridgehead atoms. The average Bonchev–Trinajstić information content (AvgIpc) is 2.49. The molecule has 1 aromatic rings. The van der Waals surface area contributed by atoms with Gasteiger partial charge in [0.05, 0.1) is 5.71 Å². The molecule has 2 unspecified atom stereocenters. The van der Waals surface area contributed by atoms with Crippen LogP contribution in [0.2, 0.25) is 0 Å². The standard InChI is InChI=1S/C21H32N2/c1-15(2)7-8-17(4)21(22-23(5)6)19-12-10-18(11-13-19)20-14-9-16(20)3/h10-13,15-16,20H,4,7-9,14H2,1-3,5-6H3/b22-21+. The Bertz CT molecular complexity index is 552. The third-order valence-electron chi connectivity index (χ3n) is 4.89. The summed E-state index contributed by atoms with van der Waals surface area (Å²) in [5.41, 5.74) is 4.83. The van der Waals surface area contributed by atoms with Crippen LogP contribution in [0.3, 0.4) is 0 Å². The van der Waals surface area contributed by atoms with E-state index in [2.05, 4.69) is 51.6 Å². The summed E-state index contributed by atoms with van der Waals surface area (Å²) in [6.45, 7) is 11.2. The van der Waals surface area contributed by atoms with Crippen molar-refractivity contribution in [3.05, 3.63) is 47.5 Å². The molecule has 2 nitrogen and oxygen atoms in total. The van der Waals surface area contributed by atoms with Crippen LogP contribution in [0.15, 0.2) is 41.5 Å². The van der Waals surface area contributed by atoms with Crippen LogP contribution in [0.4, 0.5) is 0 Å². The number of hydrazone groups is 1. The van der Waals surface area contributed by atoms with Gasteiger partial charge in [0.15, 0.2) is 0 Å². The summed E-state index contributed by atoms with van der Waals surface area (Å²) in [4.78, 5) is 0. The average molecular weight is 313 g/mol. The van der Waals surface area contributed by atoms with Gasteiger partial charge in [-0.05, 0) is 54.6 Å². The highest BCUT2D eigenvalue weighted by Gasteiger charge is 2.27. The molecule has 0 N–H and O–H groups in total. The normalized spacial score (nSPS) is 21.2. The first-order chi connectivity index (χ1) is 10.9. The van der Waals surface area contributed by atoms with E-state index in [1.165, 1.54) is 24.0 Å². The minimum Gasteiger partial charge on any atom is -0.303 e. The van der Waals surface area contributed by atoms with Crippen LogP contribution >= 0.6 is 0 Å². The molecule has 0 radical (unpaired) electrons. The van der Waals surface area contributed by atoms with E-state index in [1.54, 1.807) is 0 Å². The van der Waals surface area contributed by atoms with Gasteiger partial charge in [0.2, 0.25) is 0 Å². The Labute approximate surface area is 142 Å². The van der Waals surface area contributed by atoms with Gasteiger partial charge in [0.1, 0.15) is 0 Å². The molecule has 23 heavy (non-hydrogen) atoms. The highest BCUT2D eigenvalue weighted by molar-refractivity contribution is 6.12. The van der Waals surface area contributed by atoms with Crippen molar-refractivity contribution in [1.29, 1.82) is 0 Å². The Morgan fingerprint density at radius 1 is 1.22 bits per heavy atom. The Morgan fingerprint density at radius 3 is 2.30 bits per heavy atom. The molecule has 0 amide bonds. The SMILES string of the molecule is C=C(CCC(C)C)/C(=N\N(C)C)c1ccc(C2CCC2C)cc1. The minimum absolute atomic E-state index is 0.690. The fourth-order valence-electron chi connectivity index (χ4n) is 3.16. The highest BCUT2D eigenvalue weighted by atomic mass is 15.4. The van der Waals surface area contributed by atoms with Crippen molar-refractivity contribution in [1.82, 2.24) is 5.01 Å². The first-order valence-corrected chi connectivity index (χ1v) is 8.93. The van der Waals surface area contributed by atoms with Crippen LogP contribution in [-0.4, -0.2) is 24.8 Å². The maximum atomic E-state index is 4.70. The second-order valence-corrected chi connectivity index (χ2v) is 7.62. The van der Waals surface area contributed by atoms with E-state index >= 15 is 0 Å². The molecule has 1 fully saturated rings. The second-order valence-electron chi connectivity index (χ2n) is 7.62. The lowest BCUT2D eigenvalue weighted by atomic mass is 9.71. The van der Waals surface area contributed by atoms with Crippen molar-refractivity contribution in [2.24, 2.45) is 16.9 Å². The van der Waals surface area contributed by atoms with Crippen molar-refractivity contribution >= 4 is 5.71 Å². The molecule has 2 rings (SSSR count). The van der Waals surface area contributed by atoms with Crippen LogP contribution < -0.4 is 0 Å². The smallest absolute Gasteiger partial charge is 0.0929 e. The van der Waals surface area contributed by atoms with Gasteiger partial charge in [0.25, 0.3) is 0 Å². The summed E-state index contributed by atoms with van der Waals surface area (Å²) in [6, 6.07) is 9.03. The fourth-order valence-corrected chi connectivity index (χ4v) is 3.16. The predicted octanol–water partition coefficient (Wildman–Crippen LogP) is 5.46. The monoisotopic (exact) mass is 312 g/mol. The molecule has 0 spiro atoms. The molecule has 0 saturated heterocycles. The zero-order valence-electron chi connectivity index (χ0n) is 15.5. The van der Waals surface area contributed by atoms with Crippen molar-refractivity contribution in [2.75, 3.05) is 14.1 Å². The Kier molecular flexibility index (Phi) is 6.04. The van der Waals surface area contributed by atoms with Gasteiger partial charge in [-0.2, -0.15) is 5.10 Å². The summed E-state index contributed by atoms with van der Waals surface area (Å²) in [7, 11) is 3.94. The first kappa shape index (κ1) is 17.8. The number of hydrogen-bond acceptors (Lipinski definition) is 2. The maximum absolute atomic E-state index is 4.70. The molecular weight excluding hydrogens is 280 g/mol. The van der Waals surface area contributed by atoms with Gasteiger partial charge >= 0.3 is 0 Å². The van der Waals surface area contributed by atoms with Gasteiger partial charge in [-0.3, -0.25) is 0 Å². The van der Waals surface area contributed by atoms with Crippen molar-refractivity contribution in [3.63, 3.8) is 0 Å². The van der Waals surface area contributed by atoms with E-state index in [1.807, 2.05) is 19.1 Å². The van der Waals surface area contributed by atoms with Gasteiger partial charge in [-0.25, -0.2) is 0 Å². The molecule has 1 aromatic carbocycles. The molecule has 1 aliphatic rings. The molecule has 0 heterocycles. The predicted molar refractivity (Wildman–Crippen MR) is 101 cm³/mol. The summed E-state index contributed by atoms with van der Waals surface area (Å²) in [5.74, 6) is 2.27. The maximum Gasteiger partial charge on any atom is 0.0929 e. The van der Waals surface area contributed by atoms with E-state index in [-0.39, 0.29) is 0 Å². The van der Waals surface area contributed by atoms with E-state index in [9.17, 15) is 0 Å². The van der Waals surface area contributed by atoms with Gasteiger partial charge < -0.3 is 5.01 Å². The quantitative estimate of drug-likeness (QED) is 0.482. The minimum atomic E-state index is 0.690. The number of rotatable bonds is 7. The highest BCUT2D eigenvalue weighted by Crippen LogP contribution is 2.42. The van der Waals surface area contributed by atoms with Crippen LogP contribution in [0.1, 0.15) is 63.5 Å². The topological polar surface area (TPSA) is 15.6 Å². The van der Waals surface area contributed by atoms with Crippen molar-refractivity contribution < 1.29 is 0 Å². The van der Waals surface area contributed by atoms with E-state index in [0.717, 1.165) is 36.0 Å². The van der Waals surface area contributed by atoms with Crippen molar-refractivity contribution in [2.45, 2.75) is 52.4 Å². The Balaban J connectivity index is 2.17. The number of benzene rings is 1. The Hall–Kier alpha value is -1.57. The largest absolute Gasteiger partial charge is 0.303 e. The molecule has 2 atom stereocenters. The van der Waals surface area contributed by atoms with Crippen LogP contribution in [-0.2, 0) is 0 Å². The van der Waals surface area contributed by atoms with Crippen LogP contribution in [0.5, 0.6) is 0 Å². The fraction of sp³-hybridized carbons (Fsp3) is 0.571. The molecule has 1 saturated carbocycles. The van der Waals surface area contributed by atoms with E-state index in [0.29, 0.717) is 5.92 Å². The summed E-state index contributed by atoms with van der Waals surface area (Å²) in [5, 5.41) is 6.57. The Morgan fingerprint density at radius 2 is 1.87 bits per heavy atom. The third kappa shape index (κ3) is 4.70. The number of hydrogen-bond donors (Lipinski definition) is 0. The number of nitrogens with zero attached hydrogens (tertiary/aromatic N) is 2. The lowest BCUT2D eigenvalue weighted by Gasteiger charge is -2.34. The molecule has 2 heteroatoms. The van der Waals surface area contributed by atoms with Crippen molar-refractivity contribution in [3.8, 4) is 0 Å². The molecule has 126 valence electrons. The van der Waals surface area contributed by atoms with E-state index < -0.39 is 0 Å². The summed E-state index contributed by atoms with van der Waals surface area (Å²) in [6.07, 6.45) is 4.86. The number of allylic oxidation sites excluding steroid dienone is 1. The van der Waals surface area contributed by atoms with Crippen LogP contribution in [0, 0.1) is 11.8 Å². The molecule has 1 aliphatic carbocycles. The zero-order valence-corrected chi connectivity index (χ0v) is 15.5. The molecule has 0 aliphatic heterocycles. The zero-order chi connectivity index (χ0) is 17.0.